The number of rotatable bonds is 18. The fourth-order valence-corrected chi connectivity index (χ4v) is 3.97. The summed E-state index contributed by atoms with van der Waals surface area (Å²) in [6, 6.07) is 0. The molecule has 11 heteroatoms. The molecule has 0 radical (unpaired) electrons. The highest BCUT2D eigenvalue weighted by atomic mass is 31.2. The lowest BCUT2D eigenvalue weighted by Crippen LogP contribution is -2.25. The summed E-state index contributed by atoms with van der Waals surface area (Å²) in [5, 5.41) is 0. The molecule has 200 valence electrons. The zero-order chi connectivity index (χ0) is 27.2. The normalized spacial score (nSPS) is 15.1. The van der Waals surface area contributed by atoms with E-state index in [-0.39, 0.29) is 16.7 Å². The van der Waals surface area contributed by atoms with Gasteiger partial charge in [-0.05, 0) is 40.0 Å². The lowest BCUT2D eigenvalue weighted by molar-refractivity contribution is -0.174. The van der Waals surface area contributed by atoms with Crippen molar-refractivity contribution in [3.05, 3.63) is 36.5 Å². The van der Waals surface area contributed by atoms with Crippen LogP contribution in [0.2, 0.25) is 0 Å². The van der Waals surface area contributed by atoms with Gasteiger partial charge in [-0.15, -0.1) is 0 Å². The van der Waals surface area contributed by atoms with Crippen molar-refractivity contribution in [2.45, 2.75) is 98.9 Å². The quantitative estimate of drug-likeness (QED) is 0.0714. The Labute approximate surface area is 208 Å². The van der Waals surface area contributed by atoms with Crippen LogP contribution in [0.5, 0.6) is 0 Å². The molecular weight excluding hydrogens is 479 g/mol. The average Bonchev–Trinajstić information content (AvgIpc) is 2.73. The monoisotopic (exact) mass is 518 g/mol. The van der Waals surface area contributed by atoms with E-state index in [9.17, 15) is 18.9 Å². The first kappa shape index (κ1) is 32.7. The number of hydrogen-bond acceptors (Lipinski definition) is 10. The molecular formula is C24H39O10P. The number of carbonyl (C=O) groups excluding carboxylic acids is 3. The van der Waals surface area contributed by atoms with Crippen molar-refractivity contribution in [1.82, 2.24) is 0 Å². The smallest absolute Gasteiger partial charge is 0.432 e. The molecule has 0 N–H and O–H groups in total. The van der Waals surface area contributed by atoms with E-state index >= 15 is 0 Å². The second-order valence-corrected chi connectivity index (χ2v) is 9.27. The molecule has 35 heavy (non-hydrogen) atoms. The van der Waals surface area contributed by atoms with Gasteiger partial charge in [-0.3, -0.25) is 0 Å². The van der Waals surface area contributed by atoms with Crippen LogP contribution in [0.15, 0.2) is 36.5 Å². The molecule has 0 bridgehead atoms. The second-order valence-electron chi connectivity index (χ2n) is 7.74. The molecule has 0 aliphatic heterocycles. The summed E-state index contributed by atoms with van der Waals surface area (Å²) in [7, 11) is -4.61. The van der Waals surface area contributed by atoms with Gasteiger partial charge in [-0.1, -0.05) is 59.8 Å². The Morgan fingerprint density at radius 2 is 0.829 bits per heavy atom. The van der Waals surface area contributed by atoms with Gasteiger partial charge in [0.05, 0.1) is 0 Å². The van der Waals surface area contributed by atoms with Gasteiger partial charge < -0.3 is 14.2 Å². The minimum atomic E-state index is -4.61. The predicted octanol–water partition coefficient (Wildman–Crippen LogP) is 5.88. The minimum absolute atomic E-state index is 0.202. The van der Waals surface area contributed by atoms with Crippen LogP contribution >= 0.6 is 7.82 Å². The summed E-state index contributed by atoms with van der Waals surface area (Å²) in [6.07, 6.45) is -0.989. The highest BCUT2D eigenvalue weighted by Crippen LogP contribution is 2.53. The molecule has 0 saturated heterocycles. The lowest BCUT2D eigenvalue weighted by atomic mass is 10.2. The Morgan fingerprint density at radius 3 is 1.03 bits per heavy atom. The van der Waals surface area contributed by atoms with E-state index in [1.54, 1.807) is 0 Å². The number of hydrogen-bond donors (Lipinski definition) is 0. The van der Waals surface area contributed by atoms with Crippen molar-refractivity contribution in [1.29, 1.82) is 0 Å². The minimum Gasteiger partial charge on any atom is -0.432 e. The number of esters is 3. The van der Waals surface area contributed by atoms with Crippen molar-refractivity contribution >= 4 is 25.7 Å². The van der Waals surface area contributed by atoms with Crippen LogP contribution in [0, 0.1) is 0 Å². The molecule has 3 unspecified atom stereocenters. The second kappa shape index (κ2) is 16.4. The Bertz CT molecular complexity index is 715. The molecule has 0 spiro atoms. The summed E-state index contributed by atoms with van der Waals surface area (Å²) in [5.74, 6) is -2.26. The molecule has 0 aromatic carbocycles. The van der Waals surface area contributed by atoms with Crippen LogP contribution in [-0.4, -0.2) is 36.8 Å². The van der Waals surface area contributed by atoms with Crippen molar-refractivity contribution in [3.63, 3.8) is 0 Å². The summed E-state index contributed by atoms with van der Waals surface area (Å²) in [5.41, 5.74) is 0.606. The summed E-state index contributed by atoms with van der Waals surface area (Å²) in [4.78, 5) is 36.3. The first-order valence-corrected chi connectivity index (χ1v) is 13.1. The van der Waals surface area contributed by atoms with Gasteiger partial charge in [0.2, 0.25) is 18.9 Å². The van der Waals surface area contributed by atoms with Crippen molar-refractivity contribution in [2.75, 3.05) is 0 Å². The van der Waals surface area contributed by atoms with E-state index in [2.05, 4.69) is 19.7 Å². The molecule has 0 saturated carbocycles. The van der Waals surface area contributed by atoms with E-state index in [0.717, 1.165) is 0 Å². The number of carbonyl (C=O) groups is 3. The maximum atomic E-state index is 13.4. The maximum absolute atomic E-state index is 13.4. The Balaban J connectivity index is 5.47. The van der Waals surface area contributed by atoms with Crippen LogP contribution in [0.3, 0.4) is 0 Å². The largest absolute Gasteiger partial charge is 0.484 e. The zero-order valence-corrected chi connectivity index (χ0v) is 22.5. The highest BCUT2D eigenvalue weighted by molar-refractivity contribution is 7.48. The van der Waals surface area contributed by atoms with Crippen LogP contribution < -0.4 is 0 Å². The maximum Gasteiger partial charge on any atom is 0.484 e. The first-order valence-electron chi connectivity index (χ1n) is 11.6. The molecule has 0 rings (SSSR count). The molecule has 0 fully saturated rings. The third kappa shape index (κ3) is 13.4. The lowest BCUT2D eigenvalue weighted by Gasteiger charge is -2.26. The molecule has 0 amide bonds. The van der Waals surface area contributed by atoms with Gasteiger partial charge in [0.1, 0.15) is 0 Å². The van der Waals surface area contributed by atoms with Crippen LogP contribution in [-0.2, 0) is 46.7 Å². The van der Waals surface area contributed by atoms with Crippen molar-refractivity contribution in [3.8, 4) is 0 Å². The van der Waals surface area contributed by atoms with E-state index < -0.39 is 44.6 Å². The highest BCUT2D eigenvalue weighted by Gasteiger charge is 2.37. The average molecular weight is 519 g/mol. The van der Waals surface area contributed by atoms with Gasteiger partial charge in [-0.25, -0.2) is 32.5 Å². The molecule has 0 heterocycles. The van der Waals surface area contributed by atoms with Gasteiger partial charge in [-0.2, -0.15) is 0 Å². The molecule has 3 atom stereocenters. The SMILES string of the molecule is C=C(CCC)C(=O)OC(C)OP(=O)(OC(C)OC(=O)C(=C)CCC)OC(C)OC(=O)C(=C)CCC. The molecule has 0 aliphatic carbocycles. The number of phosphoric acid groups is 1. The van der Waals surface area contributed by atoms with E-state index in [4.69, 9.17) is 27.8 Å². The Hall–Kier alpha value is -2.26. The third-order valence-electron chi connectivity index (χ3n) is 4.17. The van der Waals surface area contributed by atoms with Gasteiger partial charge in [0, 0.05) is 16.7 Å². The van der Waals surface area contributed by atoms with Crippen molar-refractivity contribution < 1.29 is 46.7 Å². The standard InChI is InChI=1S/C24H39O10P/c1-10-13-16(4)22(25)29-19(7)32-35(28,33-20(8)30-23(26)17(5)14-11-2)34-21(9)31-24(27)18(6)15-12-3/h19-21H,4-6,10-15H2,1-3,7-9H3. The van der Waals surface area contributed by atoms with Gasteiger partial charge in [0.15, 0.2) is 0 Å². The van der Waals surface area contributed by atoms with Crippen LogP contribution in [0.25, 0.3) is 0 Å². The third-order valence-corrected chi connectivity index (χ3v) is 5.84. The fourth-order valence-electron chi connectivity index (χ4n) is 2.60. The van der Waals surface area contributed by atoms with Crippen LogP contribution in [0.1, 0.15) is 80.1 Å². The summed E-state index contributed by atoms with van der Waals surface area (Å²) >= 11 is 0. The zero-order valence-electron chi connectivity index (χ0n) is 21.6. The van der Waals surface area contributed by atoms with Gasteiger partial charge in [0.25, 0.3) is 0 Å². The van der Waals surface area contributed by atoms with E-state index in [0.29, 0.717) is 38.5 Å². The number of phosphoric ester groups is 1. The van der Waals surface area contributed by atoms with Gasteiger partial charge >= 0.3 is 25.7 Å². The Kier molecular flexibility index (Phi) is 15.4. The van der Waals surface area contributed by atoms with E-state index in [1.165, 1.54) is 20.8 Å². The molecule has 0 aromatic heterocycles. The van der Waals surface area contributed by atoms with E-state index in [1.807, 2.05) is 20.8 Å². The molecule has 10 nitrogen and oxygen atoms in total. The first-order chi connectivity index (χ1) is 16.3. The summed E-state index contributed by atoms with van der Waals surface area (Å²) in [6.45, 7) is 20.3. The molecule has 0 aliphatic rings. The fraction of sp³-hybridized carbons (Fsp3) is 0.625. The van der Waals surface area contributed by atoms with Crippen LogP contribution in [0.4, 0.5) is 0 Å². The topological polar surface area (TPSA) is 124 Å². The summed E-state index contributed by atoms with van der Waals surface area (Å²) < 4.78 is 44.4. The Morgan fingerprint density at radius 1 is 0.600 bits per heavy atom. The predicted molar refractivity (Wildman–Crippen MR) is 130 cm³/mol. The molecule has 0 aromatic rings. The van der Waals surface area contributed by atoms with Crippen molar-refractivity contribution in [2.24, 2.45) is 0 Å². The number of ether oxygens (including phenoxy) is 3.